The highest BCUT2D eigenvalue weighted by Crippen LogP contribution is 2.23. The van der Waals surface area contributed by atoms with Gasteiger partial charge in [0.25, 0.3) is 11.8 Å². The third-order valence-electron chi connectivity index (χ3n) is 4.80. The number of nitrogens with zero attached hydrogens (tertiary/aromatic N) is 2. The lowest BCUT2D eigenvalue weighted by Crippen LogP contribution is -2.40. The maximum atomic E-state index is 12.9. The second-order valence-corrected chi connectivity index (χ2v) is 6.74. The van der Waals surface area contributed by atoms with E-state index < -0.39 is 0 Å². The van der Waals surface area contributed by atoms with Gasteiger partial charge in [0.15, 0.2) is 0 Å². The summed E-state index contributed by atoms with van der Waals surface area (Å²) in [5, 5.41) is 0. The van der Waals surface area contributed by atoms with Crippen molar-refractivity contribution in [2.24, 2.45) is 5.92 Å². The van der Waals surface area contributed by atoms with Crippen molar-refractivity contribution in [3.63, 3.8) is 0 Å². The van der Waals surface area contributed by atoms with Crippen LogP contribution in [0.25, 0.3) is 0 Å². The van der Waals surface area contributed by atoms with E-state index in [2.05, 4.69) is 13.8 Å². The molecule has 4 nitrogen and oxygen atoms in total. The first-order chi connectivity index (χ1) is 10.9. The smallest absolute Gasteiger partial charge is 0.254 e. The summed E-state index contributed by atoms with van der Waals surface area (Å²) in [5.74, 6) is 0.527. The quantitative estimate of drug-likeness (QED) is 0.857. The average Bonchev–Trinajstić information content (AvgIpc) is 2.73. The summed E-state index contributed by atoms with van der Waals surface area (Å²) >= 11 is 0. The van der Waals surface area contributed by atoms with Crippen LogP contribution in [-0.2, 0) is 0 Å². The van der Waals surface area contributed by atoms with Gasteiger partial charge in [0.05, 0.1) is 0 Å². The number of carbonyl (C=O) groups is 2. The SMILES string of the molecule is CCN(C)C(=O)c1cccc(C(=O)N2C[C@H](C)CCC[C@H]2C)c1. The molecule has 126 valence electrons. The van der Waals surface area contributed by atoms with Crippen molar-refractivity contribution in [2.75, 3.05) is 20.1 Å². The fraction of sp³-hybridized carbons (Fsp3) is 0.579. The van der Waals surface area contributed by atoms with Gasteiger partial charge < -0.3 is 9.80 Å². The van der Waals surface area contributed by atoms with E-state index in [4.69, 9.17) is 0 Å². The van der Waals surface area contributed by atoms with E-state index >= 15 is 0 Å². The molecule has 0 N–H and O–H groups in total. The number of carbonyl (C=O) groups excluding carboxylic acids is 2. The molecule has 0 aliphatic carbocycles. The van der Waals surface area contributed by atoms with Crippen LogP contribution in [0.2, 0.25) is 0 Å². The van der Waals surface area contributed by atoms with E-state index in [9.17, 15) is 9.59 Å². The molecular formula is C19H28N2O2. The first kappa shape index (κ1) is 17.5. The van der Waals surface area contributed by atoms with Crippen molar-refractivity contribution in [3.05, 3.63) is 35.4 Å². The number of hydrogen-bond donors (Lipinski definition) is 0. The summed E-state index contributed by atoms with van der Waals surface area (Å²) in [6, 6.07) is 7.38. The van der Waals surface area contributed by atoms with Gasteiger partial charge >= 0.3 is 0 Å². The Morgan fingerprint density at radius 1 is 1.22 bits per heavy atom. The van der Waals surface area contributed by atoms with Crippen LogP contribution in [-0.4, -0.2) is 47.8 Å². The van der Waals surface area contributed by atoms with Crippen LogP contribution in [0.3, 0.4) is 0 Å². The zero-order valence-electron chi connectivity index (χ0n) is 14.7. The Balaban J connectivity index is 2.23. The molecule has 2 atom stereocenters. The fourth-order valence-electron chi connectivity index (χ4n) is 3.12. The summed E-state index contributed by atoms with van der Waals surface area (Å²) in [5.41, 5.74) is 1.19. The van der Waals surface area contributed by atoms with Gasteiger partial charge in [0.2, 0.25) is 0 Å². The summed E-state index contributed by atoms with van der Waals surface area (Å²) in [4.78, 5) is 28.9. The molecule has 1 heterocycles. The Bertz CT molecular complexity index is 570. The van der Waals surface area contributed by atoms with Crippen molar-refractivity contribution in [1.82, 2.24) is 9.80 Å². The van der Waals surface area contributed by atoms with Gasteiger partial charge in [0, 0.05) is 37.3 Å². The van der Waals surface area contributed by atoms with Crippen LogP contribution in [0.5, 0.6) is 0 Å². The Morgan fingerprint density at radius 2 is 1.91 bits per heavy atom. The number of hydrogen-bond acceptors (Lipinski definition) is 2. The second kappa shape index (κ2) is 7.62. The molecule has 2 amide bonds. The number of amides is 2. The Labute approximate surface area is 139 Å². The zero-order chi connectivity index (χ0) is 17.0. The van der Waals surface area contributed by atoms with Gasteiger partial charge in [-0.15, -0.1) is 0 Å². The molecule has 1 aliphatic rings. The van der Waals surface area contributed by atoms with Crippen LogP contribution < -0.4 is 0 Å². The van der Waals surface area contributed by atoms with Crippen molar-refractivity contribution in [3.8, 4) is 0 Å². The van der Waals surface area contributed by atoms with E-state index in [-0.39, 0.29) is 17.9 Å². The van der Waals surface area contributed by atoms with Gasteiger partial charge in [-0.25, -0.2) is 0 Å². The van der Waals surface area contributed by atoms with Crippen LogP contribution in [0.1, 0.15) is 60.7 Å². The minimum absolute atomic E-state index is 0.0417. The molecule has 4 heteroatoms. The van der Waals surface area contributed by atoms with Gasteiger partial charge in [-0.2, -0.15) is 0 Å². The predicted octanol–water partition coefficient (Wildman–Crippen LogP) is 3.43. The van der Waals surface area contributed by atoms with Crippen molar-refractivity contribution in [2.45, 2.75) is 46.1 Å². The molecule has 0 saturated carbocycles. The molecule has 1 aliphatic heterocycles. The number of benzene rings is 1. The molecule has 2 rings (SSSR count). The molecule has 0 unspecified atom stereocenters. The first-order valence-electron chi connectivity index (χ1n) is 8.60. The molecule has 1 saturated heterocycles. The molecule has 0 spiro atoms. The highest BCUT2D eigenvalue weighted by atomic mass is 16.2. The molecule has 0 aromatic heterocycles. The lowest BCUT2D eigenvalue weighted by atomic mass is 10.1. The maximum absolute atomic E-state index is 12.9. The van der Waals surface area contributed by atoms with Crippen LogP contribution in [0.15, 0.2) is 24.3 Å². The molecule has 0 bridgehead atoms. The minimum Gasteiger partial charge on any atom is -0.342 e. The first-order valence-corrected chi connectivity index (χ1v) is 8.60. The lowest BCUT2D eigenvalue weighted by Gasteiger charge is -2.29. The number of rotatable bonds is 3. The summed E-state index contributed by atoms with van der Waals surface area (Å²) in [7, 11) is 1.77. The summed E-state index contributed by atoms with van der Waals surface area (Å²) in [6.45, 7) is 7.71. The molecular weight excluding hydrogens is 288 g/mol. The second-order valence-electron chi connectivity index (χ2n) is 6.74. The Kier molecular flexibility index (Phi) is 5.80. The predicted molar refractivity (Wildman–Crippen MR) is 92.6 cm³/mol. The van der Waals surface area contributed by atoms with E-state index in [1.807, 2.05) is 17.9 Å². The highest BCUT2D eigenvalue weighted by Gasteiger charge is 2.26. The fourth-order valence-corrected chi connectivity index (χ4v) is 3.12. The summed E-state index contributed by atoms with van der Waals surface area (Å²) < 4.78 is 0. The van der Waals surface area contributed by atoms with E-state index in [1.165, 1.54) is 12.8 Å². The molecule has 1 fully saturated rings. The molecule has 0 radical (unpaired) electrons. The third kappa shape index (κ3) is 4.12. The minimum atomic E-state index is -0.0422. The van der Waals surface area contributed by atoms with Crippen molar-refractivity contribution >= 4 is 11.8 Å². The molecule has 1 aromatic rings. The normalized spacial score (nSPS) is 21.7. The molecule has 1 aromatic carbocycles. The Morgan fingerprint density at radius 3 is 2.61 bits per heavy atom. The van der Waals surface area contributed by atoms with E-state index in [0.717, 1.165) is 13.0 Å². The highest BCUT2D eigenvalue weighted by molar-refractivity contribution is 5.99. The largest absolute Gasteiger partial charge is 0.342 e. The standard InChI is InChI=1S/C19H28N2O2/c1-5-20(4)18(22)16-10-7-11-17(12-16)19(23)21-13-14(2)8-6-9-15(21)3/h7,10-12,14-15H,5-6,8-9,13H2,1-4H3/t14-,15-/m1/s1. The average molecular weight is 316 g/mol. The summed E-state index contributed by atoms with van der Waals surface area (Å²) in [6.07, 6.45) is 3.40. The zero-order valence-corrected chi connectivity index (χ0v) is 14.7. The topological polar surface area (TPSA) is 40.6 Å². The van der Waals surface area contributed by atoms with Gasteiger partial charge in [0.1, 0.15) is 0 Å². The van der Waals surface area contributed by atoms with E-state index in [1.54, 1.807) is 30.1 Å². The maximum Gasteiger partial charge on any atom is 0.254 e. The van der Waals surface area contributed by atoms with Crippen molar-refractivity contribution < 1.29 is 9.59 Å². The third-order valence-corrected chi connectivity index (χ3v) is 4.80. The number of likely N-dealkylation sites (tertiary alicyclic amines) is 1. The van der Waals surface area contributed by atoms with Crippen molar-refractivity contribution in [1.29, 1.82) is 0 Å². The van der Waals surface area contributed by atoms with E-state index in [0.29, 0.717) is 23.6 Å². The van der Waals surface area contributed by atoms with Gasteiger partial charge in [-0.1, -0.05) is 19.4 Å². The lowest BCUT2D eigenvalue weighted by molar-refractivity contribution is 0.0677. The van der Waals surface area contributed by atoms with Crippen LogP contribution in [0.4, 0.5) is 0 Å². The molecule has 23 heavy (non-hydrogen) atoms. The van der Waals surface area contributed by atoms with Gasteiger partial charge in [-0.3, -0.25) is 9.59 Å². The van der Waals surface area contributed by atoms with Crippen LogP contribution >= 0.6 is 0 Å². The monoisotopic (exact) mass is 316 g/mol. The van der Waals surface area contributed by atoms with Crippen LogP contribution in [0, 0.1) is 5.92 Å². The Hall–Kier alpha value is -1.84. The van der Waals surface area contributed by atoms with Gasteiger partial charge in [-0.05, 0) is 50.8 Å².